The summed E-state index contributed by atoms with van der Waals surface area (Å²) >= 11 is 0. The summed E-state index contributed by atoms with van der Waals surface area (Å²) in [6.07, 6.45) is 0. The average Bonchev–Trinajstić information content (AvgIpc) is 2.50. The van der Waals surface area contributed by atoms with Gasteiger partial charge in [-0.1, -0.05) is 24.3 Å². The molecule has 0 amide bonds. The molecule has 108 valence electrons. The van der Waals surface area contributed by atoms with Crippen LogP contribution in [0.1, 0.15) is 40.8 Å². The molecule has 1 atom stereocenters. The van der Waals surface area contributed by atoms with Crippen molar-refractivity contribution in [1.82, 2.24) is 5.32 Å². The van der Waals surface area contributed by atoms with Crippen molar-refractivity contribution in [3.63, 3.8) is 0 Å². The lowest BCUT2D eigenvalue weighted by Crippen LogP contribution is -2.18. The standard InChI is InChI=1S/C18H19FN2/c1-12-7-16(8-13(2)18(12)19)11-21-14(3)17-6-4-5-15(9-17)10-20/h4-9,14,21H,11H2,1-3H3. The number of nitrogens with zero attached hydrogens (tertiary/aromatic N) is 1. The molecular formula is C18H19FN2. The van der Waals surface area contributed by atoms with E-state index in [1.807, 2.05) is 30.3 Å². The molecule has 0 aliphatic rings. The maximum atomic E-state index is 13.6. The molecule has 0 saturated heterocycles. The zero-order valence-electron chi connectivity index (χ0n) is 12.6. The molecule has 2 nitrogen and oxygen atoms in total. The van der Waals surface area contributed by atoms with E-state index in [9.17, 15) is 4.39 Å². The molecule has 2 aromatic carbocycles. The van der Waals surface area contributed by atoms with Crippen molar-refractivity contribution in [1.29, 1.82) is 5.26 Å². The first-order chi connectivity index (χ1) is 10.0. The second kappa shape index (κ2) is 6.51. The Labute approximate surface area is 125 Å². The summed E-state index contributed by atoms with van der Waals surface area (Å²) in [5.41, 5.74) is 4.14. The van der Waals surface area contributed by atoms with Gasteiger partial charge >= 0.3 is 0 Å². The molecule has 0 bridgehead atoms. The van der Waals surface area contributed by atoms with Crippen molar-refractivity contribution in [2.75, 3.05) is 0 Å². The van der Waals surface area contributed by atoms with Gasteiger partial charge < -0.3 is 5.32 Å². The molecule has 0 aliphatic carbocycles. The third-order valence-corrected chi connectivity index (χ3v) is 3.62. The molecule has 3 heteroatoms. The fourth-order valence-electron chi connectivity index (χ4n) is 2.40. The van der Waals surface area contributed by atoms with E-state index >= 15 is 0 Å². The molecule has 0 radical (unpaired) electrons. The highest BCUT2D eigenvalue weighted by Gasteiger charge is 2.08. The number of hydrogen-bond donors (Lipinski definition) is 1. The minimum atomic E-state index is -0.131. The Balaban J connectivity index is 2.07. The van der Waals surface area contributed by atoms with Crippen LogP contribution in [0.25, 0.3) is 0 Å². The van der Waals surface area contributed by atoms with Crippen LogP contribution in [0.15, 0.2) is 36.4 Å². The molecule has 2 rings (SSSR count). The zero-order valence-corrected chi connectivity index (χ0v) is 12.6. The fraction of sp³-hybridized carbons (Fsp3) is 0.278. The molecule has 2 aromatic rings. The Hall–Kier alpha value is -2.18. The summed E-state index contributed by atoms with van der Waals surface area (Å²) < 4.78 is 13.6. The van der Waals surface area contributed by atoms with E-state index in [1.165, 1.54) is 0 Å². The Morgan fingerprint density at radius 2 is 1.86 bits per heavy atom. The SMILES string of the molecule is Cc1cc(CNC(C)c2cccc(C#N)c2)cc(C)c1F. The van der Waals surface area contributed by atoms with Gasteiger partial charge in [0.15, 0.2) is 0 Å². The number of benzene rings is 2. The largest absolute Gasteiger partial charge is 0.306 e. The van der Waals surface area contributed by atoms with E-state index in [4.69, 9.17) is 5.26 Å². The molecule has 0 saturated carbocycles. The normalized spacial score (nSPS) is 12.0. The van der Waals surface area contributed by atoms with Crippen LogP contribution in [0, 0.1) is 31.0 Å². The van der Waals surface area contributed by atoms with Gasteiger partial charge in [-0.25, -0.2) is 4.39 Å². The summed E-state index contributed by atoms with van der Waals surface area (Å²) in [5.74, 6) is -0.131. The topological polar surface area (TPSA) is 35.8 Å². The van der Waals surface area contributed by atoms with Gasteiger partial charge in [0.25, 0.3) is 0 Å². The zero-order chi connectivity index (χ0) is 15.4. The summed E-state index contributed by atoms with van der Waals surface area (Å²) in [5, 5.41) is 12.3. The van der Waals surface area contributed by atoms with Crippen LogP contribution in [-0.4, -0.2) is 0 Å². The molecule has 1 N–H and O–H groups in total. The van der Waals surface area contributed by atoms with E-state index in [0.717, 1.165) is 11.1 Å². The van der Waals surface area contributed by atoms with Gasteiger partial charge in [-0.3, -0.25) is 0 Å². The van der Waals surface area contributed by atoms with Crippen molar-refractivity contribution < 1.29 is 4.39 Å². The number of aryl methyl sites for hydroxylation is 2. The first-order valence-corrected chi connectivity index (χ1v) is 7.00. The van der Waals surface area contributed by atoms with E-state index in [-0.39, 0.29) is 11.9 Å². The fourth-order valence-corrected chi connectivity index (χ4v) is 2.40. The van der Waals surface area contributed by atoms with Crippen LogP contribution in [-0.2, 0) is 6.54 Å². The Bertz CT molecular complexity index is 663. The molecular weight excluding hydrogens is 263 g/mol. The third kappa shape index (κ3) is 3.68. The van der Waals surface area contributed by atoms with Crippen LogP contribution in [0.3, 0.4) is 0 Å². The first-order valence-electron chi connectivity index (χ1n) is 7.00. The van der Waals surface area contributed by atoms with E-state index in [2.05, 4.69) is 18.3 Å². The van der Waals surface area contributed by atoms with Gasteiger partial charge in [0.05, 0.1) is 11.6 Å². The first kappa shape index (κ1) is 15.2. The average molecular weight is 282 g/mol. The quantitative estimate of drug-likeness (QED) is 0.913. The molecule has 0 aromatic heterocycles. The highest BCUT2D eigenvalue weighted by Crippen LogP contribution is 2.17. The van der Waals surface area contributed by atoms with E-state index in [1.54, 1.807) is 19.9 Å². The molecule has 1 unspecified atom stereocenters. The Kier molecular flexibility index (Phi) is 4.72. The minimum absolute atomic E-state index is 0.129. The van der Waals surface area contributed by atoms with E-state index in [0.29, 0.717) is 23.2 Å². The van der Waals surface area contributed by atoms with Gasteiger partial charge in [-0.15, -0.1) is 0 Å². The smallest absolute Gasteiger partial charge is 0.129 e. The number of nitrogens with one attached hydrogen (secondary N) is 1. The van der Waals surface area contributed by atoms with Crippen molar-refractivity contribution in [3.05, 3.63) is 70.0 Å². The van der Waals surface area contributed by atoms with Crippen LogP contribution in [0.2, 0.25) is 0 Å². The lowest BCUT2D eigenvalue weighted by atomic mass is 10.0. The van der Waals surface area contributed by atoms with Crippen LogP contribution < -0.4 is 5.32 Å². The number of hydrogen-bond acceptors (Lipinski definition) is 2. The second-order valence-corrected chi connectivity index (χ2v) is 5.38. The van der Waals surface area contributed by atoms with Gasteiger partial charge in [0, 0.05) is 12.6 Å². The van der Waals surface area contributed by atoms with Crippen molar-refractivity contribution in [2.24, 2.45) is 0 Å². The second-order valence-electron chi connectivity index (χ2n) is 5.38. The monoisotopic (exact) mass is 282 g/mol. The number of rotatable bonds is 4. The highest BCUT2D eigenvalue weighted by molar-refractivity contribution is 5.34. The van der Waals surface area contributed by atoms with Gasteiger partial charge in [0.2, 0.25) is 0 Å². The Morgan fingerprint density at radius 3 is 2.48 bits per heavy atom. The van der Waals surface area contributed by atoms with Gasteiger partial charge in [-0.2, -0.15) is 5.26 Å². The van der Waals surface area contributed by atoms with Crippen LogP contribution >= 0.6 is 0 Å². The lowest BCUT2D eigenvalue weighted by molar-refractivity contribution is 0.570. The number of halogens is 1. The highest BCUT2D eigenvalue weighted by atomic mass is 19.1. The van der Waals surface area contributed by atoms with Crippen molar-refractivity contribution in [3.8, 4) is 6.07 Å². The van der Waals surface area contributed by atoms with Gasteiger partial charge in [-0.05, 0) is 55.2 Å². The van der Waals surface area contributed by atoms with Gasteiger partial charge in [0.1, 0.15) is 5.82 Å². The van der Waals surface area contributed by atoms with Crippen LogP contribution in [0.5, 0.6) is 0 Å². The Morgan fingerprint density at radius 1 is 1.19 bits per heavy atom. The predicted octanol–water partition coefficient (Wildman–Crippen LogP) is 4.17. The van der Waals surface area contributed by atoms with E-state index < -0.39 is 0 Å². The predicted molar refractivity (Wildman–Crippen MR) is 82.3 cm³/mol. The van der Waals surface area contributed by atoms with Crippen molar-refractivity contribution >= 4 is 0 Å². The molecule has 0 heterocycles. The molecule has 0 aliphatic heterocycles. The van der Waals surface area contributed by atoms with Crippen molar-refractivity contribution in [2.45, 2.75) is 33.4 Å². The van der Waals surface area contributed by atoms with Crippen LogP contribution in [0.4, 0.5) is 4.39 Å². The summed E-state index contributed by atoms with van der Waals surface area (Å²) in [7, 11) is 0. The third-order valence-electron chi connectivity index (χ3n) is 3.62. The molecule has 0 spiro atoms. The number of nitriles is 1. The lowest BCUT2D eigenvalue weighted by Gasteiger charge is -2.15. The summed E-state index contributed by atoms with van der Waals surface area (Å²) in [4.78, 5) is 0. The summed E-state index contributed by atoms with van der Waals surface area (Å²) in [6.45, 7) is 6.29. The summed E-state index contributed by atoms with van der Waals surface area (Å²) in [6, 6.07) is 13.6. The minimum Gasteiger partial charge on any atom is -0.306 e. The molecule has 0 fully saturated rings. The molecule has 21 heavy (non-hydrogen) atoms. The maximum Gasteiger partial charge on any atom is 0.129 e. The maximum absolute atomic E-state index is 13.6.